The highest BCUT2D eigenvalue weighted by Gasteiger charge is 2.15. The van der Waals surface area contributed by atoms with Gasteiger partial charge in [-0.3, -0.25) is 0 Å². The average molecular weight is 306 g/mol. The number of carbonyl (C=O) groups is 1. The highest BCUT2D eigenvalue weighted by atomic mass is 16.3. The molecule has 124 valence electrons. The largest absolute Gasteiger partial charge is 0.393 e. The number of hydrogen-bond acceptors (Lipinski definition) is 2. The van der Waals surface area contributed by atoms with E-state index in [9.17, 15) is 9.90 Å². The number of nitrogens with one attached hydrogen (secondary N) is 2. The highest BCUT2D eigenvalue weighted by molar-refractivity contribution is 5.91. The second-order valence-corrected chi connectivity index (χ2v) is 6.35. The Labute approximate surface area is 134 Å². The number of benzene rings is 1. The van der Waals surface area contributed by atoms with Gasteiger partial charge in [0.15, 0.2) is 0 Å². The Hall–Kier alpha value is -1.55. The number of aliphatic hydroxyl groups excluding tert-OH is 1. The lowest BCUT2D eigenvalue weighted by atomic mass is 9.93. The SMILES string of the molecule is CCC(O)CCNC(=O)Nc1c(C(C)C)cccc1C(C)C. The van der Waals surface area contributed by atoms with E-state index in [2.05, 4.69) is 50.5 Å². The fourth-order valence-corrected chi connectivity index (χ4v) is 2.41. The van der Waals surface area contributed by atoms with Crippen molar-refractivity contribution in [3.05, 3.63) is 29.3 Å². The van der Waals surface area contributed by atoms with E-state index < -0.39 is 0 Å². The molecule has 0 saturated carbocycles. The van der Waals surface area contributed by atoms with Crippen LogP contribution in [0.2, 0.25) is 0 Å². The molecule has 4 heteroatoms. The van der Waals surface area contributed by atoms with Crippen molar-refractivity contribution in [1.29, 1.82) is 0 Å². The molecule has 0 aliphatic heterocycles. The summed E-state index contributed by atoms with van der Waals surface area (Å²) in [6.07, 6.45) is 0.929. The Morgan fingerprint density at radius 1 is 1.14 bits per heavy atom. The smallest absolute Gasteiger partial charge is 0.319 e. The molecule has 0 fully saturated rings. The third-order valence-corrected chi connectivity index (χ3v) is 3.85. The molecule has 0 bridgehead atoms. The monoisotopic (exact) mass is 306 g/mol. The van der Waals surface area contributed by atoms with Crippen LogP contribution in [-0.4, -0.2) is 23.8 Å². The number of aliphatic hydroxyl groups is 1. The van der Waals surface area contributed by atoms with E-state index in [1.165, 1.54) is 0 Å². The van der Waals surface area contributed by atoms with Crippen LogP contribution in [0.5, 0.6) is 0 Å². The van der Waals surface area contributed by atoms with Crippen LogP contribution in [0.4, 0.5) is 10.5 Å². The molecule has 4 nitrogen and oxygen atoms in total. The molecule has 0 aromatic heterocycles. The van der Waals surface area contributed by atoms with E-state index in [-0.39, 0.29) is 12.1 Å². The summed E-state index contributed by atoms with van der Waals surface area (Å²) in [7, 11) is 0. The summed E-state index contributed by atoms with van der Waals surface area (Å²) in [5.41, 5.74) is 3.21. The highest BCUT2D eigenvalue weighted by Crippen LogP contribution is 2.32. The fourth-order valence-electron chi connectivity index (χ4n) is 2.41. The molecule has 0 radical (unpaired) electrons. The summed E-state index contributed by atoms with van der Waals surface area (Å²) in [4.78, 5) is 12.1. The second kappa shape index (κ2) is 8.79. The molecule has 1 unspecified atom stereocenters. The maximum Gasteiger partial charge on any atom is 0.319 e. The number of carbonyl (C=O) groups excluding carboxylic acids is 1. The van der Waals surface area contributed by atoms with Gasteiger partial charge in [-0.25, -0.2) is 4.79 Å². The van der Waals surface area contributed by atoms with Crippen molar-refractivity contribution in [2.75, 3.05) is 11.9 Å². The van der Waals surface area contributed by atoms with Crippen LogP contribution < -0.4 is 10.6 Å². The van der Waals surface area contributed by atoms with Crippen molar-refractivity contribution in [3.63, 3.8) is 0 Å². The number of para-hydroxylation sites is 1. The standard InChI is InChI=1S/C18H30N2O2/c1-6-14(21)10-11-19-18(22)20-17-15(12(2)3)8-7-9-16(17)13(4)5/h7-9,12-14,21H,6,10-11H2,1-5H3,(H2,19,20,22). The maximum absolute atomic E-state index is 12.1. The van der Waals surface area contributed by atoms with Crippen molar-refractivity contribution in [1.82, 2.24) is 5.32 Å². The van der Waals surface area contributed by atoms with Crippen LogP contribution in [0.15, 0.2) is 18.2 Å². The Bertz CT molecular complexity index is 458. The molecule has 1 rings (SSSR count). The van der Waals surface area contributed by atoms with Crippen molar-refractivity contribution >= 4 is 11.7 Å². The zero-order valence-electron chi connectivity index (χ0n) is 14.4. The molecule has 1 atom stereocenters. The molecule has 2 amide bonds. The Balaban J connectivity index is 2.80. The van der Waals surface area contributed by atoms with E-state index >= 15 is 0 Å². The molecule has 1 aromatic carbocycles. The number of rotatable bonds is 7. The molecule has 0 aliphatic rings. The molecular formula is C18H30N2O2. The van der Waals surface area contributed by atoms with Gasteiger partial charge < -0.3 is 15.7 Å². The zero-order chi connectivity index (χ0) is 16.7. The summed E-state index contributed by atoms with van der Waals surface area (Å²) < 4.78 is 0. The number of hydrogen-bond donors (Lipinski definition) is 3. The van der Waals surface area contributed by atoms with Crippen molar-refractivity contribution in [3.8, 4) is 0 Å². The van der Waals surface area contributed by atoms with Crippen molar-refractivity contribution in [2.45, 2.75) is 65.4 Å². The third-order valence-electron chi connectivity index (χ3n) is 3.85. The van der Waals surface area contributed by atoms with E-state index in [1.807, 2.05) is 13.0 Å². The summed E-state index contributed by atoms with van der Waals surface area (Å²) in [5.74, 6) is 0.687. The van der Waals surface area contributed by atoms with Crippen LogP contribution in [0, 0.1) is 0 Å². The van der Waals surface area contributed by atoms with Crippen LogP contribution in [0.1, 0.15) is 70.4 Å². The lowest BCUT2D eigenvalue weighted by Crippen LogP contribution is -2.32. The fraction of sp³-hybridized carbons (Fsp3) is 0.611. The minimum absolute atomic E-state index is 0.210. The molecule has 0 aliphatic carbocycles. The first kappa shape index (κ1) is 18.5. The van der Waals surface area contributed by atoms with Gasteiger partial charge in [0, 0.05) is 12.2 Å². The minimum atomic E-state index is -0.352. The minimum Gasteiger partial charge on any atom is -0.393 e. The molecule has 0 heterocycles. The van der Waals surface area contributed by atoms with Crippen molar-refractivity contribution < 1.29 is 9.90 Å². The molecule has 3 N–H and O–H groups in total. The summed E-state index contributed by atoms with van der Waals surface area (Å²) >= 11 is 0. The molecule has 0 saturated heterocycles. The van der Waals surface area contributed by atoms with Crippen LogP contribution in [-0.2, 0) is 0 Å². The lowest BCUT2D eigenvalue weighted by molar-refractivity contribution is 0.160. The first-order valence-corrected chi connectivity index (χ1v) is 8.22. The van der Waals surface area contributed by atoms with Gasteiger partial charge in [-0.1, -0.05) is 52.8 Å². The van der Waals surface area contributed by atoms with Gasteiger partial charge >= 0.3 is 6.03 Å². The topological polar surface area (TPSA) is 61.4 Å². The van der Waals surface area contributed by atoms with E-state index in [1.54, 1.807) is 0 Å². The summed E-state index contributed by atoms with van der Waals surface area (Å²) in [6, 6.07) is 5.96. The third kappa shape index (κ3) is 5.34. The van der Waals surface area contributed by atoms with Gasteiger partial charge in [-0.15, -0.1) is 0 Å². The van der Waals surface area contributed by atoms with E-state index in [0.29, 0.717) is 31.2 Å². The normalized spacial score (nSPS) is 12.5. The first-order chi connectivity index (χ1) is 10.4. The van der Waals surface area contributed by atoms with Crippen LogP contribution >= 0.6 is 0 Å². The lowest BCUT2D eigenvalue weighted by Gasteiger charge is -2.20. The van der Waals surface area contributed by atoms with Crippen LogP contribution in [0.3, 0.4) is 0 Å². The molecule has 1 aromatic rings. The molecule has 22 heavy (non-hydrogen) atoms. The van der Waals surface area contributed by atoms with Gasteiger partial charge in [-0.05, 0) is 35.8 Å². The quantitative estimate of drug-likeness (QED) is 0.706. The Morgan fingerprint density at radius 3 is 2.14 bits per heavy atom. The van der Waals surface area contributed by atoms with E-state index in [0.717, 1.165) is 16.8 Å². The average Bonchev–Trinajstić information content (AvgIpc) is 2.46. The van der Waals surface area contributed by atoms with Gasteiger partial charge in [0.1, 0.15) is 0 Å². The molecule has 0 spiro atoms. The van der Waals surface area contributed by atoms with Gasteiger partial charge in [0.05, 0.1) is 6.10 Å². The zero-order valence-corrected chi connectivity index (χ0v) is 14.4. The van der Waals surface area contributed by atoms with Crippen LogP contribution in [0.25, 0.3) is 0 Å². The van der Waals surface area contributed by atoms with Gasteiger partial charge in [-0.2, -0.15) is 0 Å². The number of amides is 2. The summed E-state index contributed by atoms with van der Waals surface area (Å²) in [5, 5.41) is 15.3. The van der Waals surface area contributed by atoms with Crippen molar-refractivity contribution in [2.24, 2.45) is 0 Å². The molecular weight excluding hydrogens is 276 g/mol. The second-order valence-electron chi connectivity index (χ2n) is 6.35. The van der Waals surface area contributed by atoms with Gasteiger partial charge in [0.25, 0.3) is 0 Å². The first-order valence-electron chi connectivity index (χ1n) is 8.22. The summed E-state index contributed by atoms with van der Waals surface area (Å²) in [6.45, 7) is 10.9. The Kier molecular flexibility index (Phi) is 7.39. The predicted octanol–water partition coefficient (Wildman–Crippen LogP) is 4.22. The van der Waals surface area contributed by atoms with E-state index in [4.69, 9.17) is 0 Å². The predicted molar refractivity (Wildman–Crippen MR) is 92.6 cm³/mol. The van der Waals surface area contributed by atoms with Gasteiger partial charge in [0.2, 0.25) is 0 Å². The maximum atomic E-state index is 12.1. The number of urea groups is 1. The number of anilines is 1. The Morgan fingerprint density at radius 2 is 1.68 bits per heavy atom.